The van der Waals surface area contributed by atoms with Crippen molar-refractivity contribution in [2.24, 2.45) is 0 Å². The molecule has 0 aliphatic carbocycles. The molecule has 3 aromatic rings. The highest BCUT2D eigenvalue weighted by Gasteiger charge is 2.22. The fourth-order valence-corrected chi connectivity index (χ4v) is 4.84. The van der Waals surface area contributed by atoms with Gasteiger partial charge in [-0.3, -0.25) is 4.79 Å². The van der Waals surface area contributed by atoms with Crippen molar-refractivity contribution >= 4 is 17.4 Å². The number of ketones is 1. The Balaban J connectivity index is 1.50. The van der Waals surface area contributed by atoms with E-state index in [1.165, 1.54) is 12.8 Å². The quantitative estimate of drug-likeness (QED) is 0.157. The Bertz CT molecular complexity index is 1250. The number of ether oxygens (including phenoxy) is 4. The number of carbonyl (C=O) groups is 1. The zero-order valence-corrected chi connectivity index (χ0v) is 23.5. The van der Waals surface area contributed by atoms with Gasteiger partial charge in [0.2, 0.25) is 0 Å². The molecule has 0 amide bonds. The van der Waals surface area contributed by atoms with Crippen molar-refractivity contribution in [2.75, 3.05) is 33.9 Å². The third kappa shape index (κ3) is 7.78. The molecule has 39 heavy (non-hydrogen) atoms. The first-order valence-corrected chi connectivity index (χ1v) is 13.6. The molecule has 0 atom stereocenters. The van der Waals surface area contributed by atoms with Gasteiger partial charge >= 0.3 is 0 Å². The van der Waals surface area contributed by atoms with Crippen molar-refractivity contribution in [3.05, 3.63) is 94.5 Å². The molecule has 7 heteroatoms. The molecule has 0 aromatic heterocycles. The highest BCUT2D eigenvalue weighted by Crippen LogP contribution is 2.40. The first-order chi connectivity index (χ1) is 19.0. The molecule has 1 saturated heterocycles. The number of methoxy groups -OCH3 is 2. The summed E-state index contributed by atoms with van der Waals surface area (Å²) in [7, 11) is 3.26. The summed E-state index contributed by atoms with van der Waals surface area (Å²) in [4.78, 5) is 15.8. The van der Waals surface area contributed by atoms with E-state index in [1.807, 2.05) is 48.5 Å². The van der Waals surface area contributed by atoms with Crippen LogP contribution in [-0.4, -0.2) is 44.5 Å². The van der Waals surface area contributed by atoms with Crippen LogP contribution in [0.5, 0.6) is 23.0 Å². The second kappa shape index (κ2) is 14.1. The SMILES string of the molecule is C=C(CCCN1CCCC1)C(=O)c1ccc(OCc2ccc(OC)cc2)c(OCc2ccc(OC)cc2)c1Cl. The summed E-state index contributed by atoms with van der Waals surface area (Å²) in [6.07, 6.45) is 4.03. The van der Waals surface area contributed by atoms with Crippen LogP contribution in [-0.2, 0) is 13.2 Å². The molecular weight excluding hydrogens is 514 g/mol. The standard InChI is InChI=1S/C32H36ClNO5/c1-23(7-6-20-34-18-4-5-19-34)31(35)28-16-17-29(38-21-24-8-12-26(36-2)13-9-24)32(30(28)33)39-22-25-10-14-27(37-3)15-11-25/h8-17H,1,4-7,18-22H2,2-3H3. The fraction of sp³-hybridized carbons (Fsp3) is 0.344. The van der Waals surface area contributed by atoms with Crippen molar-refractivity contribution in [1.82, 2.24) is 4.90 Å². The summed E-state index contributed by atoms with van der Waals surface area (Å²) in [5.74, 6) is 2.15. The van der Waals surface area contributed by atoms with Crippen LogP contribution >= 0.6 is 11.6 Å². The maximum absolute atomic E-state index is 13.3. The molecule has 0 N–H and O–H groups in total. The van der Waals surface area contributed by atoms with E-state index in [4.69, 9.17) is 30.5 Å². The Kier molecular flexibility index (Phi) is 10.3. The van der Waals surface area contributed by atoms with Crippen LogP contribution in [0, 0.1) is 0 Å². The Morgan fingerprint density at radius 3 is 1.97 bits per heavy atom. The smallest absolute Gasteiger partial charge is 0.190 e. The minimum Gasteiger partial charge on any atom is -0.497 e. The van der Waals surface area contributed by atoms with E-state index >= 15 is 0 Å². The molecule has 6 nitrogen and oxygen atoms in total. The molecule has 4 rings (SSSR count). The lowest BCUT2D eigenvalue weighted by molar-refractivity contribution is 0.103. The summed E-state index contributed by atoms with van der Waals surface area (Å²) in [6.45, 7) is 7.87. The first kappa shape index (κ1) is 28.5. The third-order valence-electron chi connectivity index (χ3n) is 6.87. The van der Waals surface area contributed by atoms with Gasteiger partial charge in [-0.05, 0) is 98.4 Å². The average molecular weight is 550 g/mol. The fourth-order valence-electron chi connectivity index (χ4n) is 4.55. The Labute approximate surface area is 236 Å². The average Bonchev–Trinajstić information content (AvgIpc) is 3.49. The van der Waals surface area contributed by atoms with Crippen LogP contribution in [0.3, 0.4) is 0 Å². The molecule has 1 aliphatic heterocycles. The lowest BCUT2D eigenvalue weighted by atomic mass is 10.00. The first-order valence-electron chi connectivity index (χ1n) is 13.3. The van der Waals surface area contributed by atoms with Crippen molar-refractivity contribution in [1.29, 1.82) is 0 Å². The topological polar surface area (TPSA) is 57.2 Å². The molecule has 1 fully saturated rings. The van der Waals surface area contributed by atoms with Crippen LogP contribution in [0.1, 0.15) is 47.2 Å². The van der Waals surface area contributed by atoms with E-state index < -0.39 is 0 Å². The summed E-state index contributed by atoms with van der Waals surface area (Å²) in [6, 6.07) is 18.6. The zero-order chi connectivity index (χ0) is 27.6. The van der Waals surface area contributed by atoms with Crippen LogP contribution in [0.25, 0.3) is 0 Å². The summed E-state index contributed by atoms with van der Waals surface area (Å²) < 4.78 is 22.8. The normalized spacial score (nSPS) is 13.2. The molecule has 3 aromatic carbocycles. The van der Waals surface area contributed by atoms with Gasteiger partial charge in [0.15, 0.2) is 17.3 Å². The van der Waals surface area contributed by atoms with Crippen molar-refractivity contribution in [3.63, 3.8) is 0 Å². The number of halogens is 1. The van der Waals surface area contributed by atoms with Gasteiger partial charge in [0, 0.05) is 5.56 Å². The maximum atomic E-state index is 13.3. The number of hydrogen-bond acceptors (Lipinski definition) is 6. The lowest BCUT2D eigenvalue weighted by Crippen LogP contribution is -2.20. The third-order valence-corrected chi connectivity index (χ3v) is 7.25. The summed E-state index contributed by atoms with van der Waals surface area (Å²) in [5, 5.41) is 0.224. The van der Waals surface area contributed by atoms with E-state index in [0.29, 0.717) is 35.7 Å². The predicted molar refractivity (Wildman–Crippen MR) is 154 cm³/mol. The van der Waals surface area contributed by atoms with Gasteiger partial charge in [0.25, 0.3) is 0 Å². The number of benzene rings is 3. The van der Waals surface area contributed by atoms with Gasteiger partial charge in [0.05, 0.1) is 19.2 Å². The second-order valence-electron chi connectivity index (χ2n) is 9.61. The lowest BCUT2D eigenvalue weighted by Gasteiger charge is -2.18. The minimum absolute atomic E-state index is 0.169. The van der Waals surface area contributed by atoms with Crippen LogP contribution in [0.4, 0.5) is 0 Å². The number of carbonyl (C=O) groups excluding carboxylic acids is 1. The maximum Gasteiger partial charge on any atom is 0.190 e. The van der Waals surface area contributed by atoms with E-state index in [-0.39, 0.29) is 17.4 Å². The Morgan fingerprint density at radius 2 is 1.41 bits per heavy atom. The van der Waals surface area contributed by atoms with Gasteiger partial charge in [-0.15, -0.1) is 0 Å². The van der Waals surface area contributed by atoms with Crippen LogP contribution in [0.2, 0.25) is 5.02 Å². The number of Topliss-reactive ketones (excluding diaryl/α,β-unsaturated/α-hetero) is 1. The highest BCUT2D eigenvalue weighted by atomic mass is 35.5. The van der Waals surface area contributed by atoms with Crippen molar-refractivity contribution in [2.45, 2.75) is 38.9 Å². The van der Waals surface area contributed by atoms with E-state index in [9.17, 15) is 4.79 Å². The Hall–Kier alpha value is -3.48. The van der Waals surface area contributed by atoms with E-state index in [1.54, 1.807) is 26.4 Å². The molecule has 0 unspecified atom stereocenters. The van der Waals surface area contributed by atoms with Crippen LogP contribution < -0.4 is 18.9 Å². The number of hydrogen-bond donors (Lipinski definition) is 0. The number of nitrogens with zero attached hydrogens (tertiary/aromatic N) is 1. The van der Waals surface area contributed by atoms with Gasteiger partial charge in [-0.25, -0.2) is 0 Å². The van der Waals surface area contributed by atoms with Crippen molar-refractivity contribution < 1.29 is 23.7 Å². The largest absolute Gasteiger partial charge is 0.497 e. The molecule has 1 heterocycles. The zero-order valence-electron chi connectivity index (χ0n) is 22.7. The molecule has 0 radical (unpaired) electrons. The molecule has 0 spiro atoms. The van der Waals surface area contributed by atoms with Crippen LogP contribution in [0.15, 0.2) is 72.8 Å². The van der Waals surface area contributed by atoms with Gasteiger partial charge in [-0.2, -0.15) is 0 Å². The monoisotopic (exact) mass is 549 g/mol. The molecule has 0 bridgehead atoms. The summed E-state index contributed by atoms with van der Waals surface area (Å²) >= 11 is 6.81. The van der Waals surface area contributed by atoms with Crippen molar-refractivity contribution in [3.8, 4) is 23.0 Å². The van der Waals surface area contributed by atoms with Gasteiger partial charge in [0.1, 0.15) is 24.7 Å². The number of rotatable bonds is 14. The van der Waals surface area contributed by atoms with E-state index in [2.05, 4.69) is 11.5 Å². The molecular formula is C32H36ClNO5. The van der Waals surface area contributed by atoms with Gasteiger partial charge in [-0.1, -0.05) is 42.4 Å². The second-order valence-corrected chi connectivity index (χ2v) is 9.99. The predicted octanol–water partition coefficient (Wildman–Crippen LogP) is 7.13. The summed E-state index contributed by atoms with van der Waals surface area (Å²) in [5.41, 5.74) is 2.80. The molecule has 0 saturated carbocycles. The van der Waals surface area contributed by atoms with Gasteiger partial charge < -0.3 is 23.8 Å². The number of allylic oxidation sites excluding steroid dienone is 1. The number of likely N-dealkylation sites (tertiary alicyclic amines) is 1. The van der Waals surface area contributed by atoms with E-state index in [0.717, 1.165) is 48.7 Å². The molecule has 1 aliphatic rings. The molecule has 206 valence electrons. The Morgan fingerprint density at radius 1 is 0.846 bits per heavy atom. The highest BCUT2D eigenvalue weighted by molar-refractivity contribution is 6.36. The minimum atomic E-state index is -0.169.